The quantitative estimate of drug-likeness (QED) is 0.832. The molecule has 1 aromatic carbocycles. The molecule has 0 aliphatic carbocycles. The number of hydrogen-bond donors (Lipinski definition) is 1. The Morgan fingerprint density at radius 2 is 2.29 bits per heavy atom. The maximum Gasteiger partial charge on any atom is 0.339 e. The molecular formula is C12H11FO4. The van der Waals surface area contributed by atoms with Gasteiger partial charge in [-0.1, -0.05) is 0 Å². The molecule has 2 aromatic rings. The molecule has 17 heavy (non-hydrogen) atoms. The van der Waals surface area contributed by atoms with Crippen LogP contribution >= 0.6 is 0 Å². The molecule has 0 bridgehead atoms. The lowest BCUT2D eigenvalue weighted by atomic mass is 10.0. The van der Waals surface area contributed by atoms with Gasteiger partial charge in [0.05, 0.1) is 12.9 Å². The lowest BCUT2D eigenvalue weighted by Gasteiger charge is -2.11. The van der Waals surface area contributed by atoms with Crippen LogP contribution in [0.5, 0.6) is 0 Å². The lowest BCUT2D eigenvalue weighted by Crippen LogP contribution is -2.16. The Kier molecular flexibility index (Phi) is 3.10. The molecule has 0 saturated carbocycles. The molecular weight excluding hydrogens is 227 g/mol. The number of carbonyl (C=O) groups is 1. The third kappa shape index (κ3) is 2.01. The first-order valence-electron chi connectivity index (χ1n) is 5.15. The van der Waals surface area contributed by atoms with Gasteiger partial charge >= 0.3 is 5.97 Å². The fraction of sp³-hybridized carbons (Fsp3) is 0.250. The third-order valence-corrected chi connectivity index (χ3v) is 2.41. The Balaban J connectivity index is 2.49. The van der Waals surface area contributed by atoms with Crippen LogP contribution in [0.15, 0.2) is 28.9 Å². The molecule has 2 rings (SSSR count). The highest BCUT2D eigenvalue weighted by Gasteiger charge is 2.25. The Morgan fingerprint density at radius 3 is 3.00 bits per heavy atom. The molecule has 1 unspecified atom stereocenters. The average Bonchev–Trinajstić information content (AvgIpc) is 2.76. The Labute approximate surface area is 96.6 Å². The van der Waals surface area contributed by atoms with Gasteiger partial charge in [-0.2, -0.15) is 0 Å². The second-order valence-corrected chi connectivity index (χ2v) is 3.45. The maximum absolute atomic E-state index is 13.6. The standard InChI is InChI=1S/C12H11FO4/c1-2-16-12(15)11(14)10-7-5-6-17-9(7)4-3-8(10)13/h3-6,11,14H,2H2,1H3. The van der Waals surface area contributed by atoms with E-state index in [2.05, 4.69) is 4.74 Å². The average molecular weight is 238 g/mol. The zero-order chi connectivity index (χ0) is 12.4. The van der Waals surface area contributed by atoms with Crippen LogP contribution in [-0.4, -0.2) is 17.7 Å². The molecule has 90 valence electrons. The number of hydrogen-bond acceptors (Lipinski definition) is 4. The van der Waals surface area contributed by atoms with Gasteiger partial charge in [-0.05, 0) is 25.1 Å². The smallest absolute Gasteiger partial charge is 0.339 e. The van der Waals surface area contributed by atoms with Crippen LogP contribution in [0.25, 0.3) is 11.0 Å². The number of benzene rings is 1. The second-order valence-electron chi connectivity index (χ2n) is 3.45. The Hall–Kier alpha value is -1.88. The second kappa shape index (κ2) is 4.55. The molecule has 1 atom stereocenters. The van der Waals surface area contributed by atoms with Crippen LogP contribution in [0.2, 0.25) is 0 Å². The molecule has 0 aliphatic rings. The fourth-order valence-electron chi connectivity index (χ4n) is 1.66. The minimum atomic E-state index is -1.64. The van der Waals surface area contributed by atoms with E-state index in [1.165, 1.54) is 18.4 Å². The summed E-state index contributed by atoms with van der Waals surface area (Å²) in [5.74, 6) is -1.54. The highest BCUT2D eigenvalue weighted by atomic mass is 19.1. The van der Waals surface area contributed by atoms with Crippen LogP contribution < -0.4 is 0 Å². The highest BCUT2D eigenvalue weighted by Crippen LogP contribution is 2.28. The summed E-state index contributed by atoms with van der Waals surface area (Å²) < 4.78 is 23.4. The van der Waals surface area contributed by atoms with Crippen molar-refractivity contribution in [2.24, 2.45) is 0 Å². The summed E-state index contributed by atoms with van der Waals surface area (Å²) in [6.07, 6.45) is -0.276. The van der Waals surface area contributed by atoms with Crippen LogP contribution in [0, 0.1) is 5.82 Å². The first-order chi connectivity index (χ1) is 8.15. The monoisotopic (exact) mass is 238 g/mol. The number of aliphatic hydroxyl groups excluding tert-OH is 1. The predicted molar refractivity (Wildman–Crippen MR) is 57.8 cm³/mol. The number of fused-ring (bicyclic) bond motifs is 1. The zero-order valence-corrected chi connectivity index (χ0v) is 9.14. The molecule has 1 heterocycles. The molecule has 0 fully saturated rings. The summed E-state index contributed by atoms with van der Waals surface area (Å²) in [5, 5.41) is 10.1. The van der Waals surface area contributed by atoms with Gasteiger partial charge in [-0.15, -0.1) is 0 Å². The van der Waals surface area contributed by atoms with E-state index in [4.69, 9.17) is 4.42 Å². The van der Waals surface area contributed by atoms with Gasteiger partial charge in [-0.25, -0.2) is 9.18 Å². The number of aliphatic hydroxyl groups is 1. The van der Waals surface area contributed by atoms with Crippen LogP contribution in [-0.2, 0) is 9.53 Å². The molecule has 0 radical (unpaired) electrons. The van der Waals surface area contributed by atoms with Crippen molar-refractivity contribution in [1.82, 2.24) is 0 Å². The van der Waals surface area contributed by atoms with Gasteiger partial charge in [0.1, 0.15) is 11.4 Å². The minimum absolute atomic E-state index is 0.116. The first kappa shape index (κ1) is 11.6. The molecule has 0 aliphatic heterocycles. The van der Waals surface area contributed by atoms with E-state index in [1.54, 1.807) is 6.92 Å². The summed E-state index contributed by atoms with van der Waals surface area (Å²) >= 11 is 0. The normalized spacial score (nSPS) is 12.6. The van der Waals surface area contributed by atoms with Crippen molar-refractivity contribution in [3.05, 3.63) is 35.8 Å². The topological polar surface area (TPSA) is 59.7 Å². The molecule has 0 saturated heterocycles. The number of esters is 1. The molecule has 1 N–H and O–H groups in total. The van der Waals surface area contributed by atoms with E-state index in [0.29, 0.717) is 11.0 Å². The van der Waals surface area contributed by atoms with Gasteiger partial charge in [0.15, 0.2) is 6.10 Å². The van der Waals surface area contributed by atoms with Gasteiger partial charge in [0.2, 0.25) is 0 Å². The minimum Gasteiger partial charge on any atom is -0.464 e. The zero-order valence-electron chi connectivity index (χ0n) is 9.14. The summed E-state index contributed by atoms with van der Waals surface area (Å²) in [5.41, 5.74) is 0.291. The van der Waals surface area contributed by atoms with Crippen LogP contribution in [0.3, 0.4) is 0 Å². The Bertz CT molecular complexity index is 546. The SMILES string of the molecule is CCOC(=O)C(O)c1c(F)ccc2occc12. The molecule has 0 amide bonds. The summed E-state index contributed by atoms with van der Waals surface area (Å²) in [4.78, 5) is 11.4. The fourth-order valence-corrected chi connectivity index (χ4v) is 1.66. The predicted octanol–water partition coefficient (Wildman–Crippen LogP) is 2.17. The van der Waals surface area contributed by atoms with Crippen molar-refractivity contribution in [1.29, 1.82) is 0 Å². The summed E-state index contributed by atoms with van der Waals surface area (Å²) in [6.45, 7) is 1.73. The largest absolute Gasteiger partial charge is 0.464 e. The van der Waals surface area contributed by atoms with E-state index in [-0.39, 0.29) is 12.2 Å². The highest BCUT2D eigenvalue weighted by molar-refractivity contribution is 5.87. The molecule has 1 aromatic heterocycles. The van der Waals surface area contributed by atoms with Crippen molar-refractivity contribution < 1.29 is 23.4 Å². The number of furan rings is 1. The van der Waals surface area contributed by atoms with Crippen molar-refractivity contribution in [3.8, 4) is 0 Å². The van der Waals surface area contributed by atoms with E-state index < -0.39 is 17.9 Å². The van der Waals surface area contributed by atoms with Crippen molar-refractivity contribution in [2.75, 3.05) is 6.61 Å². The Morgan fingerprint density at radius 1 is 1.53 bits per heavy atom. The van der Waals surface area contributed by atoms with Crippen LogP contribution in [0.1, 0.15) is 18.6 Å². The number of rotatable bonds is 3. The number of halogens is 1. The molecule has 0 spiro atoms. The third-order valence-electron chi connectivity index (χ3n) is 2.41. The van der Waals surface area contributed by atoms with Crippen molar-refractivity contribution >= 4 is 16.9 Å². The van der Waals surface area contributed by atoms with Crippen molar-refractivity contribution in [2.45, 2.75) is 13.0 Å². The van der Waals surface area contributed by atoms with E-state index in [9.17, 15) is 14.3 Å². The maximum atomic E-state index is 13.6. The van der Waals surface area contributed by atoms with Gasteiger partial charge in [0.25, 0.3) is 0 Å². The van der Waals surface area contributed by atoms with Crippen LogP contribution in [0.4, 0.5) is 4.39 Å². The number of ether oxygens (including phenoxy) is 1. The van der Waals surface area contributed by atoms with Gasteiger partial charge in [-0.3, -0.25) is 0 Å². The molecule has 4 nitrogen and oxygen atoms in total. The molecule has 5 heteroatoms. The van der Waals surface area contributed by atoms with E-state index >= 15 is 0 Å². The summed E-state index contributed by atoms with van der Waals surface area (Å²) in [7, 11) is 0. The van der Waals surface area contributed by atoms with Crippen molar-refractivity contribution in [3.63, 3.8) is 0 Å². The van der Waals surface area contributed by atoms with Gasteiger partial charge < -0.3 is 14.3 Å². The summed E-state index contributed by atoms with van der Waals surface area (Å²) in [6, 6.07) is 4.08. The first-order valence-corrected chi connectivity index (χ1v) is 5.15. The van der Waals surface area contributed by atoms with E-state index in [0.717, 1.165) is 6.07 Å². The van der Waals surface area contributed by atoms with Gasteiger partial charge in [0, 0.05) is 10.9 Å². The van der Waals surface area contributed by atoms with E-state index in [1.807, 2.05) is 0 Å². The number of carbonyl (C=O) groups excluding carboxylic acids is 1. The lowest BCUT2D eigenvalue weighted by molar-refractivity contribution is -0.153.